The van der Waals surface area contributed by atoms with Crippen molar-refractivity contribution < 1.29 is 37.3 Å². The van der Waals surface area contributed by atoms with Crippen molar-refractivity contribution >= 4 is 19.7 Å². The average molecular weight is 1150 g/mol. The van der Waals surface area contributed by atoms with E-state index in [4.69, 9.17) is 13.8 Å². The van der Waals surface area contributed by atoms with Crippen LogP contribution in [0.4, 0.5) is 0 Å². The Morgan fingerprint density at radius 3 is 1.15 bits per heavy atom. The van der Waals surface area contributed by atoms with Crippen LogP contribution in [-0.4, -0.2) is 69.4 Å². The number of likely N-dealkylation sites (N-methyl/N-ethyl adjacent to an activating group) is 1. The summed E-state index contributed by atoms with van der Waals surface area (Å²) >= 11 is 0. The largest absolute Gasteiger partial charge is 0.756 e. The Kier molecular flexibility index (Phi) is 57.8. The summed E-state index contributed by atoms with van der Waals surface area (Å²) in [5.74, 6) is -0.563. The van der Waals surface area contributed by atoms with Gasteiger partial charge in [0, 0.05) is 12.8 Å². The molecule has 468 valence electrons. The Bertz CT molecular complexity index is 1710. The molecule has 0 spiro atoms. The SMILES string of the molecule is CCCCC/C=C\C/C=C\C/C=C\C/C=C\CCCCCCCCCCCC(=O)OC(/C=C\CCCCCCCCCCC)C(COP(=O)([O-])OCC[N+](C)(C)C)NC(=O)CCCCCCCC/C=C\C/C=C\C/C=C\CCCCC. The van der Waals surface area contributed by atoms with Crippen LogP contribution in [0.25, 0.3) is 0 Å². The van der Waals surface area contributed by atoms with Crippen LogP contribution in [-0.2, 0) is 27.9 Å². The number of ether oxygens (including phenoxy) is 1. The molecule has 0 saturated carbocycles. The quantitative estimate of drug-likeness (QED) is 0.0212. The summed E-state index contributed by atoms with van der Waals surface area (Å²) in [7, 11) is 1.16. The molecule has 0 aromatic carbocycles. The molecule has 0 aliphatic carbocycles. The van der Waals surface area contributed by atoms with Crippen LogP contribution >= 0.6 is 7.82 Å². The van der Waals surface area contributed by atoms with Crippen molar-refractivity contribution in [3.05, 3.63) is 97.2 Å². The lowest BCUT2D eigenvalue weighted by Gasteiger charge is -2.30. The molecule has 0 fully saturated rings. The molecule has 0 aliphatic rings. The van der Waals surface area contributed by atoms with E-state index >= 15 is 0 Å². The topological polar surface area (TPSA) is 114 Å². The summed E-state index contributed by atoms with van der Waals surface area (Å²) in [5.41, 5.74) is 0. The van der Waals surface area contributed by atoms with Crippen molar-refractivity contribution in [1.29, 1.82) is 0 Å². The molecule has 3 atom stereocenters. The minimum absolute atomic E-state index is 0.0302. The van der Waals surface area contributed by atoms with Crippen molar-refractivity contribution in [3.8, 4) is 0 Å². The lowest BCUT2D eigenvalue weighted by Crippen LogP contribution is -2.47. The zero-order valence-electron chi connectivity index (χ0n) is 53.5. The highest BCUT2D eigenvalue weighted by molar-refractivity contribution is 7.45. The van der Waals surface area contributed by atoms with Gasteiger partial charge < -0.3 is 28.5 Å². The molecule has 3 unspecified atom stereocenters. The van der Waals surface area contributed by atoms with Crippen molar-refractivity contribution in [2.75, 3.05) is 40.9 Å². The van der Waals surface area contributed by atoms with E-state index in [1.54, 1.807) is 0 Å². The first-order valence-corrected chi connectivity index (χ1v) is 35.0. The molecule has 0 heterocycles. The zero-order valence-corrected chi connectivity index (χ0v) is 54.4. The van der Waals surface area contributed by atoms with Crippen LogP contribution in [0.2, 0.25) is 0 Å². The number of quaternary nitrogens is 1. The van der Waals surface area contributed by atoms with Crippen LogP contribution in [0.1, 0.15) is 290 Å². The summed E-state index contributed by atoms with van der Waals surface area (Å²) < 4.78 is 30.4. The molecule has 10 heteroatoms. The first-order chi connectivity index (χ1) is 39.4. The third kappa shape index (κ3) is 61.3. The smallest absolute Gasteiger partial charge is 0.306 e. The minimum Gasteiger partial charge on any atom is -0.756 e. The number of hydrogen-bond acceptors (Lipinski definition) is 7. The van der Waals surface area contributed by atoms with E-state index in [2.05, 4.69) is 111 Å². The lowest BCUT2D eigenvalue weighted by atomic mass is 10.0. The van der Waals surface area contributed by atoms with Crippen LogP contribution < -0.4 is 10.2 Å². The number of phosphoric acid groups is 1. The molecule has 1 N–H and O–H groups in total. The van der Waals surface area contributed by atoms with Gasteiger partial charge in [0.15, 0.2) is 0 Å². The number of hydrogen-bond donors (Lipinski definition) is 1. The standard InChI is InChI=1S/C71H127N2O7P/c1-7-10-13-16-19-22-25-27-29-31-33-34-35-36-37-38-40-42-44-46-49-52-55-58-61-64-71(75)80-69(62-59-56-53-50-47-24-21-18-15-12-9-3)68(67-79-81(76,77)78-66-65-73(4,5)6)72-70(74)63-60-57-54-51-48-45-43-41-39-32-30-28-26-23-20-17-14-11-8-2/h19-20,22-23,27-30,33-34,36-37,39,41,59,62,68-69H,7-18,21,24-26,31-32,35,38,40,42-58,60-61,63-67H2,1-6H3,(H-,72,74,76,77)/b22-19-,23-20-,29-27-,30-28-,34-33-,37-36-,41-39-,62-59-. The molecule has 1 amide bonds. The predicted molar refractivity (Wildman–Crippen MR) is 348 cm³/mol. The van der Waals surface area contributed by atoms with Gasteiger partial charge in [0.2, 0.25) is 5.91 Å². The van der Waals surface area contributed by atoms with Crippen molar-refractivity contribution in [2.45, 2.75) is 303 Å². The van der Waals surface area contributed by atoms with E-state index in [1.807, 2.05) is 33.3 Å². The maximum Gasteiger partial charge on any atom is 0.306 e. The van der Waals surface area contributed by atoms with Gasteiger partial charge >= 0.3 is 5.97 Å². The molecular formula is C71H127N2O7P. The van der Waals surface area contributed by atoms with Crippen LogP contribution in [0.5, 0.6) is 0 Å². The minimum atomic E-state index is -4.71. The summed E-state index contributed by atoms with van der Waals surface area (Å²) in [6, 6.07) is -0.903. The monoisotopic (exact) mass is 1150 g/mol. The molecule has 0 bridgehead atoms. The fraction of sp³-hybridized carbons (Fsp3) is 0.746. The molecule has 9 nitrogen and oxygen atoms in total. The lowest BCUT2D eigenvalue weighted by molar-refractivity contribution is -0.870. The molecule has 81 heavy (non-hydrogen) atoms. The van der Waals surface area contributed by atoms with Gasteiger partial charge in [0.25, 0.3) is 7.82 Å². The number of carbonyl (C=O) groups excluding carboxylic acids is 2. The molecule has 0 aromatic rings. The van der Waals surface area contributed by atoms with Crippen LogP contribution in [0.3, 0.4) is 0 Å². The number of unbranched alkanes of at least 4 members (excludes halogenated alkanes) is 30. The number of rotatable bonds is 60. The van der Waals surface area contributed by atoms with E-state index in [-0.39, 0.29) is 24.9 Å². The predicted octanol–water partition coefficient (Wildman–Crippen LogP) is 20.5. The first kappa shape index (κ1) is 77.9. The Balaban J connectivity index is 5.14. The fourth-order valence-electron chi connectivity index (χ4n) is 9.28. The molecule has 0 saturated heterocycles. The molecule has 0 radical (unpaired) electrons. The molecule has 0 aromatic heterocycles. The molecule has 0 aliphatic heterocycles. The number of amides is 1. The number of phosphoric ester groups is 1. The third-order valence-corrected chi connectivity index (χ3v) is 15.5. The highest BCUT2D eigenvalue weighted by atomic mass is 31.2. The Morgan fingerprint density at radius 1 is 0.432 bits per heavy atom. The van der Waals surface area contributed by atoms with E-state index in [9.17, 15) is 19.0 Å². The second kappa shape index (κ2) is 60.1. The summed E-state index contributed by atoms with van der Waals surface area (Å²) in [5, 5.41) is 3.02. The summed E-state index contributed by atoms with van der Waals surface area (Å²) in [6.07, 6.45) is 80.9. The number of nitrogens with one attached hydrogen (secondary N) is 1. The molecular weight excluding hydrogens is 1020 g/mol. The second-order valence-electron chi connectivity index (χ2n) is 23.6. The second-order valence-corrected chi connectivity index (χ2v) is 25.0. The Labute approximate surface area is 500 Å². The van der Waals surface area contributed by atoms with Gasteiger partial charge in [0.1, 0.15) is 19.3 Å². The number of nitrogens with zero attached hydrogens (tertiary/aromatic N) is 1. The van der Waals surface area contributed by atoms with Gasteiger partial charge in [-0.2, -0.15) is 0 Å². The normalized spacial score (nSPS) is 14.2. The van der Waals surface area contributed by atoms with Gasteiger partial charge in [-0.3, -0.25) is 14.2 Å². The van der Waals surface area contributed by atoms with E-state index in [0.717, 1.165) is 128 Å². The van der Waals surface area contributed by atoms with E-state index < -0.39 is 26.6 Å². The van der Waals surface area contributed by atoms with Crippen LogP contribution in [0.15, 0.2) is 97.2 Å². The highest BCUT2D eigenvalue weighted by Gasteiger charge is 2.27. The number of esters is 1. The Hall–Kier alpha value is -3.07. The van der Waals surface area contributed by atoms with E-state index in [1.165, 1.54) is 128 Å². The molecule has 0 rings (SSSR count). The summed E-state index contributed by atoms with van der Waals surface area (Å²) in [6.45, 7) is 6.77. The van der Waals surface area contributed by atoms with Gasteiger partial charge in [-0.15, -0.1) is 0 Å². The van der Waals surface area contributed by atoms with Gasteiger partial charge in [-0.1, -0.05) is 260 Å². The van der Waals surface area contributed by atoms with Crippen molar-refractivity contribution in [3.63, 3.8) is 0 Å². The van der Waals surface area contributed by atoms with Crippen molar-refractivity contribution in [2.24, 2.45) is 0 Å². The zero-order chi connectivity index (χ0) is 59.3. The third-order valence-electron chi connectivity index (χ3n) is 14.5. The maximum absolute atomic E-state index is 13.6. The number of carbonyl (C=O) groups is 2. The fourth-order valence-corrected chi connectivity index (χ4v) is 10.0. The highest BCUT2D eigenvalue weighted by Crippen LogP contribution is 2.38. The Morgan fingerprint density at radius 2 is 0.753 bits per heavy atom. The van der Waals surface area contributed by atoms with Crippen molar-refractivity contribution in [1.82, 2.24) is 5.32 Å². The number of allylic oxidation sites excluding steroid dienone is 15. The van der Waals surface area contributed by atoms with Crippen LogP contribution in [0, 0.1) is 0 Å². The first-order valence-electron chi connectivity index (χ1n) is 33.5. The summed E-state index contributed by atoms with van der Waals surface area (Å²) in [4.78, 5) is 40.1. The maximum atomic E-state index is 13.6. The van der Waals surface area contributed by atoms with Gasteiger partial charge in [0.05, 0.1) is 33.8 Å². The average Bonchev–Trinajstić information content (AvgIpc) is 3.43. The van der Waals surface area contributed by atoms with Gasteiger partial charge in [-0.25, -0.2) is 0 Å². The van der Waals surface area contributed by atoms with E-state index in [0.29, 0.717) is 17.4 Å². The van der Waals surface area contributed by atoms with Gasteiger partial charge in [-0.05, 0) is 115 Å².